The minimum absolute atomic E-state index is 0.0774. The van der Waals surface area contributed by atoms with Crippen LogP contribution in [0, 0.1) is 0 Å². The van der Waals surface area contributed by atoms with Crippen molar-refractivity contribution in [3.63, 3.8) is 0 Å². The Morgan fingerprint density at radius 1 is 1.09 bits per heavy atom. The highest BCUT2D eigenvalue weighted by Gasteiger charge is 2.17. The van der Waals surface area contributed by atoms with Gasteiger partial charge in [-0.1, -0.05) is 18.2 Å². The lowest BCUT2D eigenvalue weighted by Gasteiger charge is -2.36. The van der Waals surface area contributed by atoms with Crippen molar-refractivity contribution in [3.05, 3.63) is 30.3 Å². The van der Waals surface area contributed by atoms with Gasteiger partial charge in [0.05, 0.1) is 0 Å². The Labute approximate surface area is 140 Å². The molecule has 23 heavy (non-hydrogen) atoms. The molecule has 0 unspecified atom stereocenters. The van der Waals surface area contributed by atoms with Gasteiger partial charge in [0.1, 0.15) is 0 Å². The van der Waals surface area contributed by atoms with Crippen LogP contribution >= 0.6 is 0 Å². The first-order valence-electron chi connectivity index (χ1n) is 8.52. The fourth-order valence-electron chi connectivity index (χ4n) is 2.76. The quantitative estimate of drug-likeness (QED) is 0.819. The number of urea groups is 1. The summed E-state index contributed by atoms with van der Waals surface area (Å²) >= 11 is 0. The van der Waals surface area contributed by atoms with E-state index in [0.717, 1.165) is 45.7 Å². The van der Waals surface area contributed by atoms with Crippen molar-refractivity contribution < 1.29 is 4.79 Å². The summed E-state index contributed by atoms with van der Waals surface area (Å²) in [7, 11) is 0. The van der Waals surface area contributed by atoms with Gasteiger partial charge in [0.25, 0.3) is 0 Å². The lowest BCUT2D eigenvalue weighted by atomic mass is 10.1. The number of hydrogen-bond acceptors (Lipinski definition) is 3. The summed E-state index contributed by atoms with van der Waals surface area (Å²) < 4.78 is 0. The minimum Gasteiger partial charge on any atom is -0.369 e. The van der Waals surface area contributed by atoms with Crippen molar-refractivity contribution in [3.8, 4) is 0 Å². The predicted octanol–water partition coefficient (Wildman–Crippen LogP) is 2.30. The molecular formula is C18H30N4O. The van der Waals surface area contributed by atoms with Gasteiger partial charge in [-0.2, -0.15) is 0 Å². The number of para-hydroxylation sites is 1. The molecule has 1 aliphatic heterocycles. The fraction of sp³-hybridized carbons (Fsp3) is 0.611. The van der Waals surface area contributed by atoms with Crippen LogP contribution in [0.5, 0.6) is 0 Å². The Kier molecular flexibility index (Phi) is 6.28. The van der Waals surface area contributed by atoms with E-state index in [1.54, 1.807) is 0 Å². The van der Waals surface area contributed by atoms with Gasteiger partial charge < -0.3 is 15.5 Å². The molecule has 1 saturated heterocycles. The van der Waals surface area contributed by atoms with Gasteiger partial charge in [0.15, 0.2) is 0 Å². The summed E-state index contributed by atoms with van der Waals surface area (Å²) in [5.41, 5.74) is 1.13. The number of anilines is 1. The zero-order chi connectivity index (χ0) is 16.7. The van der Waals surface area contributed by atoms with Crippen molar-refractivity contribution in [2.75, 3.05) is 44.2 Å². The van der Waals surface area contributed by atoms with E-state index < -0.39 is 0 Å². The highest BCUT2D eigenvalue weighted by molar-refractivity contribution is 5.74. The second kappa shape index (κ2) is 8.20. The fourth-order valence-corrected chi connectivity index (χ4v) is 2.76. The van der Waals surface area contributed by atoms with Crippen LogP contribution in [-0.4, -0.2) is 55.7 Å². The van der Waals surface area contributed by atoms with Crippen LogP contribution in [0.2, 0.25) is 0 Å². The van der Waals surface area contributed by atoms with Crippen LogP contribution in [0.25, 0.3) is 0 Å². The van der Waals surface area contributed by atoms with Crippen LogP contribution in [0.3, 0.4) is 0 Å². The first kappa shape index (κ1) is 17.6. The molecule has 0 radical (unpaired) electrons. The van der Waals surface area contributed by atoms with Crippen LogP contribution in [0.15, 0.2) is 30.3 Å². The number of piperazine rings is 1. The van der Waals surface area contributed by atoms with Crippen molar-refractivity contribution >= 4 is 11.7 Å². The third-order valence-corrected chi connectivity index (χ3v) is 3.92. The molecule has 1 aromatic carbocycles. The summed E-state index contributed by atoms with van der Waals surface area (Å²) in [4.78, 5) is 16.6. The van der Waals surface area contributed by atoms with Crippen molar-refractivity contribution in [2.24, 2.45) is 0 Å². The minimum atomic E-state index is -0.183. The van der Waals surface area contributed by atoms with Crippen LogP contribution in [-0.2, 0) is 0 Å². The zero-order valence-electron chi connectivity index (χ0n) is 14.6. The average Bonchev–Trinajstić information content (AvgIpc) is 2.51. The van der Waals surface area contributed by atoms with E-state index in [4.69, 9.17) is 0 Å². The molecule has 0 aromatic heterocycles. The molecule has 0 saturated carbocycles. The van der Waals surface area contributed by atoms with Gasteiger partial charge in [-0.05, 0) is 45.9 Å². The van der Waals surface area contributed by atoms with Crippen LogP contribution in [0.1, 0.15) is 27.2 Å². The average molecular weight is 318 g/mol. The molecule has 1 aliphatic rings. The SMILES string of the molecule is CC(C)(C)NC(=O)NCCCN1CCN(c2ccccc2)CC1. The molecule has 1 heterocycles. The highest BCUT2D eigenvalue weighted by atomic mass is 16.2. The maximum absolute atomic E-state index is 11.7. The summed E-state index contributed by atoms with van der Waals surface area (Å²) in [6.07, 6.45) is 0.989. The van der Waals surface area contributed by atoms with E-state index in [0.29, 0.717) is 0 Å². The third kappa shape index (κ3) is 6.48. The number of carbonyl (C=O) groups is 1. The molecule has 2 rings (SSSR count). The number of rotatable bonds is 5. The number of amides is 2. The first-order valence-corrected chi connectivity index (χ1v) is 8.52. The number of benzene rings is 1. The Morgan fingerprint density at radius 3 is 2.35 bits per heavy atom. The third-order valence-electron chi connectivity index (χ3n) is 3.92. The van der Waals surface area contributed by atoms with E-state index in [1.807, 2.05) is 20.8 Å². The van der Waals surface area contributed by atoms with Crippen molar-refractivity contribution in [2.45, 2.75) is 32.7 Å². The van der Waals surface area contributed by atoms with E-state index in [9.17, 15) is 4.79 Å². The molecular weight excluding hydrogens is 288 g/mol. The number of nitrogens with one attached hydrogen (secondary N) is 2. The first-order chi connectivity index (χ1) is 10.9. The molecule has 1 fully saturated rings. The predicted molar refractivity (Wildman–Crippen MR) is 96.0 cm³/mol. The molecule has 1 aromatic rings. The normalized spacial score (nSPS) is 16.2. The summed E-state index contributed by atoms with van der Waals surface area (Å²) in [6, 6.07) is 10.5. The maximum atomic E-state index is 11.7. The summed E-state index contributed by atoms with van der Waals surface area (Å²) in [5.74, 6) is 0. The van der Waals surface area contributed by atoms with E-state index in [1.165, 1.54) is 5.69 Å². The molecule has 0 aliphatic carbocycles. The number of carbonyl (C=O) groups excluding carboxylic acids is 1. The topological polar surface area (TPSA) is 47.6 Å². The monoisotopic (exact) mass is 318 g/mol. The van der Waals surface area contributed by atoms with Gasteiger partial charge in [0, 0.05) is 44.0 Å². The Balaban J connectivity index is 1.59. The molecule has 2 N–H and O–H groups in total. The maximum Gasteiger partial charge on any atom is 0.315 e. The van der Waals surface area contributed by atoms with E-state index in [2.05, 4.69) is 50.8 Å². The molecule has 0 atom stereocenters. The Morgan fingerprint density at radius 2 is 1.74 bits per heavy atom. The van der Waals surface area contributed by atoms with Crippen LogP contribution < -0.4 is 15.5 Å². The van der Waals surface area contributed by atoms with E-state index in [-0.39, 0.29) is 11.6 Å². The zero-order valence-corrected chi connectivity index (χ0v) is 14.6. The van der Waals surface area contributed by atoms with Crippen LogP contribution in [0.4, 0.5) is 10.5 Å². The summed E-state index contributed by atoms with van der Waals surface area (Å²) in [5, 5.41) is 5.84. The molecule has 0 spiro atoms. The standard InChI is InChI=1S/C18H30N4O/c1-18(2,3)20-17(23)19-10-7-11-21-12-14-22(15-13-21)16-8-5-4-6-9-16/h4-6,8-9H,7,10-15H2,1-3H3,(H2,19,20,23). The van der Waals surface area contributed by atoms with Gasteiger partial charge in [0.2, 0.25) is 0 Å². The Bertz CT molecular complexity index is 476. The lowest BCUT2D eigenvalue weighted by Crippen LogP contribution is -2.48. The smallest absolute Gasteiger partial charge is 0.315 e. The Hall–Kier alpha value is -1.75. The van der Waals surface area contributed by atoms with Gasteiger partial charge >= 0.3 is 6.03 Å². The number of nitrogens with zero attached hydrogens (tertiary/aromatic N) is 2. The molecule has 0 bridgehead atoms. The second-order valence-electron chi connectivity index (χ2n) is 7.15. The largest absolute Gasteiger partial charge is 0.369 e. The second-order valence-corrected chi connectivity index (χ2v) is 7.15. The lowest BCUT2D eigenvalue weighted by molar-refractivity contribution is 0.228. The van der Waals surface area contributed by atoms with E-state index >= 15 is 0 Å². The van der Waals surface area contributed by atoms with Gasteiger partial charge in [-0.3, -0.25) is 4.90 Å². The number of hydrogen-bond donors (Lipinski definition) is 2. The summed E-state index contributed by atoms with van der Waals surface area (Å²) in [6.45, 7) is 12.0. The van der Waals surface area contributed by atoms with Crippen molar-refractivity contribution in [1.82, 2.24) is 15.5 Å². The highest BCUT2D eigenvalue weighted by Crippen LogP contribution is 2.15. The molecule has 128 valence electrons. The molecule has 5 heteroatoms. The molecule has 2 amide bonds. The van der Waals surface area contributed by atoms with Crippen molar-refractivity contribution in [1.29, 1.82) is 0 Å². The van der Waals surface area contributed by atoms with Gasteiger partial charge in [-0.25, -0.2) is 4.79 Å². The molecule has 5 nitrogen and oxygen atoms in total. The van der Waals surface area contributed by atoms with Gasteiger partial charge in [-0.15, -0.1) is 0 Å².